The maximum atomic E-state index is 11.5. The highest BCUT2D eigenvalue weighted by Gasteiger charge is 2.05. The van der Waals surface area contributed by atoms with Gasteiger partial charge in [0.05, 0.1) is 6.54 Å². The number of carbonyl (C=O) groups is 2. The molecule has 0 saturated carbocycles. The molecule has 0 fully saturated rings. The van der Waals surface area contributed by atoms with E-state index in [4.69, 9.17) is 16.3 Å². The predicted molar refractivity (Wildman–Crippen MR) is 87.6 cm³/mol. The van der Waals surface area contributed by atoms with Crippen LogP contribution in [0, 0.1) is 0 Å². The van der Waals surface area contributed by atoms with Gasteiger partial charge in [-0.3, -0.25) is 4.79 Å². The monoisotopic (exact) mass is 335 g/mol. The van der Waals surface area contributed by atoms with E-state index in [-0.39, 0.29) is 12.5 Å². The number of benzene rings is 1. The lowest BCUT2D eigenvalue weighted by atomic mass is 10.2. The van der Waals surface area contributed by atoms with Gasteiger partial charge < -0.3 is 10.1 Å². The highest BCUT2D eigenvalue weighted by molar-refractivity contribution is 7.09. The molecule has 2 aromatic rings. The van der Waals surface area contributed by atoms with Crippen LogP contribution in [0.4, 0.5) is 0 Å². The lowest BCUT2D eigenvalue weighted by Crippen LogP contribution is -2.27. The Morgan fingerprint density at radius 3 is 2.68 bits per heavy atom. The van der Waals surface area contributed by atoms with Gasteiger partial charge in [0, 0.05) is 16.0 Å². The van der Waals surface area contributed by atoms with Crippen LogP contribution in [0.3, 0.4) is 0 Å². The Hall–Kier alpha value is -2.11. The number of hydrogen-bond acceptors (Lipinski definition) is 4. The van der Waals surface area contributed by atoms with E-state index in [1.54, 1.807) is 41.7 Å². The molecule has 22 heavy (non-hydrogen) atoms. The first-order valence-corrected chi connectivity index (χ1v) is 7.79. The number of rotatable bonds is 6. The van der Waals surface area contributed by atoms with Crippen LogP contribution < -0.4 is 5.32 Å². The summed E-state index contributed by atoms with van der Waals surface area (Å²) < 4.78 is 4.86. The standard InChI is InChI=1S/C16H14ClNO3S/c17-13-6-3-12(4-7-13)5-8-16(20)21-11-15(19)18-10-14-2-1-9-22-14/h1-9H,10-11H2,(H,18,19). The van der Waals surface area contributed by atoms with Crippen LogP contribution in [-0.4, -0.2) is 18.5 Å². The van der Waals surface area contributed by atoms with E-state index < -0.39 is 5.97 Å². The van der Waals surface area contributed by atoms with E-state index in [0.29, 0.717) is 11.6 Å². The SMILES string of the molecule is O=C(COC(=O)C=Cc1ccc(Cl)cc1)NCc1cccs1. The molecule has 0 aliphatic heterocycles. The molecule has 2 rings (SSSR count). The molecule has 6 heteroatoms. The van der Waals surface area contributed by atoms with Gasteiger partial charge in [-0.25, -0.2) is 4.79 Å². The molecule has 1 amide bonds. The van der Waals surface area contributed by atoms with E-state index in [9.17, 15) is 9.59 Å². The third kappa shape index (κ3) is 5.71. The third-order valence-electron chi connectivity index (χ3n) is 2.67. The number of halogens is 1. The molecule has 0 bridgehead atoms. The number of nitrogens with one attached hydrogen (secondary N) is 1. The first-order chi connectivity index (χ1) is 10.6. The second kappa shape index (κ2) is 8.36. The largest absolute Gasteiger partial charge is 0.452 e. The van der Waals surface area contributed by atoms with Gasteiger partial charge in [0.15, 0.2) is 6.61 Å². The van der Waals surface area contributed by atoms with Gasteiger partial charge in [-0.1, -0.05) is 29.8 Å². The molecule has 0 atom stereocenters. The molecular formula is C16H14ClNO3S. The molecule has 114 valence electrons. The van der Waals surface area contributed by atoms with Gasteiger partial charge in [-0.05, 0) is 35.2 Å². The summed E-state index contributed by atoms with van der Waals surface area (Å²) in [7, 11) is 0. The molecule has 1 heterocycles. The zero-order valence-corrected chi connectivity index (χ0v) is 13.2. The van der Waals surface area contributed by atoms with E-state index >= 15 is 0 Å². The Morgan fingerprint density at radius 2 is 2.00 bits per heavy atom. The first-order valence-electron chi connectivity index (χ1n) is 6.53. The maximum Gasteiger partial charge on any atom is 0.331 e. The van der Waals surface area contributed by atoms with Crippen molar-refractivity contribution in [1.29, 1.82) is 0 Å². The lowest BCUT2D eigenvalue weighted by Gasteiger charge is -2.03. The van der Waals surface area contributed by atoms with Gasteiger partial charge in [0.25, 0.3) is 5.91 Å². The van der Waals surface area contributed by atoms with Gasteiger partial charge in [0.2, 0.25) is 0 Å². The summed E-state index contributed by atoms with van der Waals surface area (Å²) in [6, 6.07) is 10.8. The van der Waals surface area contributed by atoms with Crippen molar-refractivity contribution in [2.45, 2.75) is 6.54 Å². The summed E-state index contributed by atoms with van der Waals surface area (Å²) in [6.45, 7) is 0.143. The topological polar surface area (TPSA) is 55.4 Å². The van der Waals surface area contributed by atoms with Gasteiger partial charge >= 0.3 is 5.97 Å². The number of hydrogen-bond donors (Lipinski definition) is 1. The third-order valence-corrected chi connectivity index (χ3v) is 3.80. The van der Waals surface area contributed by atoms with Crippen LogP contribution in [0.25, 0.3) is 6.08 Å². The van der Waals surface area contributed by atoms with Gasteiger partial charge in [-0.2, -0.15) is 0 Å². The second-order valence-electron chi connectivity index (χ2n) is 4.35. The molecule has 1 aromatic heterocycles. The summed E-state index contributed by atoms with van der Waals surface area (Å²) in [5.41, 5.74) is 0.823. The Labute approximate surface area is 137 Å². The van der Waals surface area contributed by atoms with Crippen molar-refractivity contribution in [1.82, 2.24) is 5.32 Å². The zero-order chi connectivity index (χ0) is 15.8. The molecule has 0 aliphatic carbocycles. The van der Waals surface area contributed by atoms with Crippen LogP contribution in [0.5, 0.6) is 0 Å². The Kier molecular flexibility index (Phi) is 6.18. The molecule has 1 N–H and O–H groups in total. The van der Waals surface area contributed by atoms with Crippen molar-refractivity contribution in [3.05, 3.63) is 63.3 Å². The van der Waals surface area contributed by atoms with Crippen molar-refractivity contribution in [3.8, 4) is 0 Å². The number of amides is 1. The fraction of sp³-hybridized carbons (Fsp3) is 0.125. The average Bonchev–Trinajstić information content (AvgIpc) is 3.04. The van der Waals surface area contributed by atoms with Crippen molar-refractivity contribution in [2.75, 3.05) is 6.61 Å². The fourth-order valence-corrected chi connectivity index (χ4v) is 2.34. The van der Waals surface area contributed by atoms with Crippen LogP contribution >= 0.6 is 22.9 Å². The molecule has 0 saturated heterocycles. The minimum absolute atomic E-state index is 0.296. The average molecular weight is 336 g/mol. The predicted octanol–water partition coefficient (Wildman–Crippen LogP) is 3.27. The van der Waals surface area contributed by atoms with Crippen LogP contribution in [0.15, 0.2) is 47.9 Å². The minimum atomic E-state index is -0.568. The Morgan fingerprint density at radius 1 is 1.23 bits per heavy atom. The van der Waals surface area contributed by atoms with Crippen LogP contribution in [0.2, 0.25) is 5.02 Å². The van der Waals surface area contributed by atoms with Gasteiger partial charge in [0.1, 0.15) is 0 Å². The van der Waals surface area contributed by atoms with E-state index in [1.807, 2.05) is 17.5 Å². The fourth-order valence-electron chi connectivity index (χ4n) is 1.57. The van der Waals surface area contributed by atoms with Crippen molar-refractivity contribution >= 4 is 40.9 Å². The summed E-state index contributed by atoms with van der Waals surface area (Å²) >= 11 is 7.32. The van der Waals surface area contributed by atoms with Gasteiger partial charge in [-0.15, -0.1) is 11.3 Å². The van der Waals surface area contributed by atoms with Crippen LogP contribution in [-0.2, 0) is 20.9 Å². The highest BCUT2D eigenvalue weighted by Crippen LogP contribution is 2.10. The summed E-state index contributed by atoms with van der Waals surface area (Å²) in [6.07, 6.45) is 2.87. The highest BCUT2D eigenvalue weighted by atomic mass is 35.5. The maximum absolute atomic E-state index is 11.5. The number of ether oxygens (including phenoxy) is 1. The van der Waals surface area contributed by atoms with Crippen molar-refractivity contribution in [3.63, 3.8) is 0 Å². The smallest absolute Gasteiger partial charge is 0.331 e. The molecule has 0 aliphatic rings. The molecule has 0 radical (unpaired) electrons. The quantitative estimate of drug-likeness (QED) is 0.651. The summed E-state index contributed by atoms with van der Waals surface area (Å²) in [5.74, 6) is -0.900. The normalized spacial score (nSPS) is 10.6. The first kappa shape index (κ1) is 16.3. The number of thiophene rings is 1. The summed E-state index contributed by atoms with van der Waals surface area (Å²) in [4.78, 5) is 24.1. The second-order valence-corrected chi connectivity index (χ2v) is 5.82. The lowest BCUT2D eigenvalue weighted by molar-refractivity contribution is -0.143. The molecule has 4 nitrogen and oxygen atoms in total. The molecule has 0 unspecified atom stereocenters. The van der Waals surface area contributed by atoms with E-state index in [0.717, 1.165) is 10.4 Å². The molecular weight excluding hydrogens is 322 g/mol. The Bertz CT molecular complexity index is 651. The van der Waals surface area contributed by atoms with Crippen molar-refractivity contribution < 1.29 is 14.3 Å². The number of esters is 1. The van der Waals surface area contributed by atoms with E-state index in [1.165, 1.54) is 6.08 Å². The zero-order valence-electron chi connectivity index (χ0n) is 11.6. The molecule has 1 aromatic carbocycles. The van der Waals surface area contributed by atoms with E-state index in [2.05, 4.69) is 5.32 Å². The minimum Gasteiger partial charge on any atom is -0.452 e. The van der Waals surface area contributed by atoms with Crippen LogP contribution in [0.1, 0.15) is 10.4 Å². The Balaban J connectivity index is 1.70. The summed E-state index contributed by atoms with van der Waals surface area (Å²) in [5, 5.41) is 5.24. The molecule has 0 spiro atoms. The number of carbonyl (C=O) groups excluding carboxylic acids is 2. The van der Waals surface area contributed by atoms with Crippen molar-refractivity contribution in [2.24, 2.45) is 0 Å².